The molecule has 1 aromatic carbocycles. The molecule has 0 radical (unpaired) electrons. The molecule has 112 valence electrons. The van der Waals surface area contributed by atoms with Crippen molar-refractivity contribution < 1.29 is 4.74 Å². The zero-order valence-electron chi connectivity index (χ0n) is 12.6. The topological polar surface area (TPSA) is 38.5 Å². The summed E-state index contributed by atoms with van der Waals surface area (Å²) < 4.78 is 5.83. The number of halogens is 1. The smallest absolute Gasteiger partial charge is 0.0678 e. The fraction of sp³-hybridized carbons (Fsp3) is 0.625. The van der Waals surface area contributed by atoms with Gasteiger partial charge in [0.1, 0.15) is 0 Å². The highest BCUT2D eigenvalue weighted by Crippen LogP contribution is 2.29. The Bertz CT molecular complexity index is 430. The van der Waals surface area contributed by atoms with E-state index >= 15 is 0 Å². The number of rotatable bonds is 4. The van der Waals surface area contributed by atoms with Crippen molar-refractivity contribution in [1.29, 1.82) is 0 Å². The Labute approximate surface area is 127 Å². The van der Waals surface area contributed by atoms with Crippen molar-refractivity contribution in [1.82, 2.24) is 4.90 Å². The molecule has 0 spiro atoms. The average molecular weight is 297 g/mol. The van der Waals surface area contributed by atoms with Gasteiger partial charge in [0.05, 0.1) is 18.2 Å². The predicted molar refractivity (Wildman–Crippen MR) is 84.0 cm³/mol. The first-order chi connectivity index (χ1) is 9.51. The highest BCUT2D eigenvalue weighted by atomic mass is 35.5. The summed E-state index contributed by atoms with van der Waals surface area (Å²) in [6.07, 6.45) is 1.42. The van der Waals surface area contributed by atoms with Crippen molar-refractivity contribution in [2.24, 2.45) is 5.73 Å². The second kappa shape index (κ2) is 6.90. The number of hydrogen-bond acceptors (Lipinski definition) is 3. The summed E-state index contributed by atoms with van der Waals surface area (Å²) in [5.74, 6) is 0. The summed E-state index contributed by atoms with van der Waals surface area (Å²) in [5.41, 5.74) is 7.60. The molecule has 0 amide bonds. The highest BCUT2D eigenvalue weighted by molar-refractivity contribution is 6.30. The first kappa shape index (κ1) is 15.8. The van der Waals surface area contributed by atoms with E-state index in [1.165, 1.54) is 5.56 Å². The molecule has 1 fully saturated rings. The molecular weight excluding hydrogens is 272 g/mol. The summed E-state index contributed by atoms with van der Waals surface area (Å²) in [7, 11) is 0. The van der Waals surface area contributed by atoms with Crippen LogP contribution in [0, 0.1) is 0 Å². The molecular formula is C16H25ClN2O. The molecule has 1 aromatic rings. The maximum Gasteiger partial charge on any atom is 0.0678 e. The monoisotopic (exact) mass is 296 g/mol. The molecule has 3 nitrogen and oxygen atoms in total. The summed E-state index contributed by atoms with van der Waals surface area (Å²) in [6, 6.07) is 8.37. The van der Waals surface area contributed by atoms with Crippen molar-refractivity contribution >= 4 is 11.6 Å². The zero-order valence-corrected chi connectivity index (χ0v) is 13.3. The van der Waals surface area contributed by atoms with Gasteiger partial charge in [0.25, 0.3) is 0 Å². The Morgan fingerprint density at radius 3 is 2.55 bits per heavy atom. The van der Waals surface area contributed by atoms with Crippen LogP contribution in [0.15, 0.2) is 24.3 Å². The van der Waals surface area contributed by atoms with E-state index in [0.29, 0.717) is 0 Å². The van der Waals surface area contributed by atoms with Crippen molar-refractivity contribution in [3.63, 3.8) is 0 Å². The Morgan fingerprint density at radius 1 is 1.35 bits per heavy atom. The van der Waals surface area contributed by atoms with E-state index in [1.807, 2.05) is 18.2 Å². The van der Waals surface area contributed by atoms with Gasteiger partial charge < -0.3 is 10.5 Å². The third kappa shape index (κ3) is 3.73. The number of morpholine rings is 1. The maximum absolute atomic E-state index is 6.40. The lowest BCUT2D eigenvalue weighted by Crippen LogP contribution is -2.51. The number of nitrogens with two attached hydrogens (primary N) is 1. The van der Waals surface area contributed by atoms with Crippen molar-refractivity contribution in [3.05, 3.63) is 34.9 Å². The van der Waals surface area contributed by atoms with Gasteiger partial charge in [-0.3, -0.25) is 4.90 Å². The molecule has 2 unspecified atom stereocenters. The van der Waals surface area contributed by atoms with Gasteiger partial charge in [0.2, 0.25) is 0 Å². The molecule has 0 saturated carbocycles. The van der Waals surface area contributed by atoms with Gasteiger partial charge >= 0.3 is 0 Å². The normalized spacial score (nSPS) is 27.2. The molecule has 1 aliphatic heterocycles. The number of nitrogens with zero attached hydrogens (tertiary/aromatic N) is 1. The minimum Gasteiger partial charge on any atom is -0.373 e. The third-order valence-electron chi connectivity index (χ3n) is 3.91. The minimum atomic E-state index is 0.103. The zero-order chi connectivity index (χ0) is 14.7. The third-order valence-corrected chi connectivity index (χ3v) is 4.14. The van der Waals surface area contributed by atoms with Crippen LogP contribution >= 0.6 is 11.6 Å². The van der Waals surface area contributed by atoms with Crippen LogP contribution in [0.25, 0.3) is 0 Å². The standard InChI is InChI=1S/C16H25ClN2O/c1-4-15(18)16(13-6-5-7-14(17)8-13)19-9-11(2)20-12(3)10-19/h5-8,11-12,15-16H,4,9-10,18H2,1-3H3/t11-,12+,15?,16?. The van der Waals surface area contributed by atoms with Gasteiger partial charge in [-0.25, -0.2) is 0 Å². The Hall–Kier alpha value is -0.610. The lowest BCUT2D eigenvalue weighted by molar-refractivity contribution is -0.0838. The van der Waals surface area contributed by atoms with Crippen LogP contribution in [0.5, 0.6) is 0 Å². The van der Waals surface area contributed by atoms with Crippen molar-refractivity contribution in [2.75, 3.05) is 13.1 Å². The molecule has 4 atom stereocenters. The SMILES string of the molecule is CCC(N)C(c1cccc(Cl)c1)N1C[C@@H](C)O[C@@H](C)C1. The van der Waals surface area contributed by atoms with Gasteiger partial charge in [-0.2, -0.15) is 0 Å². The van der Waals surface area contributed by atoms with Crippen LogP contribution in [0.1, 0.15) is 38.8 Å². The summed E-state index contributed by atoms with van der Waals surface area (Å²) >= 11 is 6.15. The highest BCUT2D eigenvalue weighted by Gasteiger charge is 2.31. The molecule has 1 heterocycles. The van der Waals surface area contributed by atoms with Crippen LogP contribution in [0.4, 0.5) is 0 Å². The molecule has 1 aliphatic rings. The van der Waals surface area contributed by atoms with Crippen LogP contribution in [0.3, 0.4) is 0 Å². The van der Waals surface area contributed by atoms with E-state index in [1.54, 1.807) is 0 Å². The molecule has 2 N–H and O–H groups in total. The number of ether oxygens (including phenoxy) is 1. The Kier molecular flexibility index (Phi) is 5.44. The van der Waals surface area contributed by atoms with E-state index in [9.17, 15) is 0 Å². The van der Waals surface area contributed by atoms with Gasteiger partial charge in [-0.15, -0.1) is 0 Å². The molecule has 4 heteroatoms. The summed E-state index contributed by atoms with van der Waals surface area (Å²) in [5, 5.41) is 0.769. The van der Waals surface area contributed by atoms with Crippen LogP contribution < -0.4 is 5.73 Å². The molecule has 0 bridgehead atoms. The molecule has 2 rings (SSSR count). The average Bonchev–Trinajstić information content (AvgIpc) is 2.37. The summed E-state index contributed by atoms with van der Waals surface area (Å²) in [6.45, 7) is 8.20. The lowest BCUT2D eigenvalue weighted by Gasteiger charge is -2.42. The van der Waals surface area contributed by atoms with Gasteiger partial charge in [0, 0.05) is 24.2 Å². The van der Waals surface area contributed by atoms with E-state index in [0.717, 1.165) is 24.5 Å². The first-order valence-electron chi connectivity index (χ1n) is 7.41. The van der Waals surface area contributed by atoms with E-state index in [2.05, 4.69) is 31.7 Å². The predicted octanol–water partition coefficient (Wildman–Crippen LogP) is 3.23. The van der Waals surface area contributed by atoms with Crippen molar-refractivity contribution in [3.8, 4) is 0 Å². The molecule has 1 saturated heterocycles. The van der Waals surface area contributed by atoms with Crippen LogP contribution in [-0.2, 0) is 4.74 Å². The largest absolute Gasteiger partial charge is 0.373 e. The fourth-order valence-electron chi connectivity index (χ4n) is 3.09. The number of benzene rings is 1. The van der Waals surface area contributed by atoms with Gasteiger partial charge in [-0.05, 0) is 38.0 Å². The number of hydrogen-bond donors (Lipinski definition) is 1. The van der Waals surface area contributed by atoms with E-state index in [4.69, 9.17) is 22.1 Å². The van der Waals surface area contributed by atoms with Crippen LogP contribution in [-0.4, -0.2) is 36.2 Å². The van der Waals surface area contributed by atoms with E-state index in [-0.39, 0.29) is 24.3 Å². The van der Waals surface area contributed by atoms with Crippen molar-refractivity contribution in [2.45, 2.75) is 51.5 Å². The van der Waals surface area contributed by atoms with Crippen LogP contribution in [0.2, 0.25) is 5.02 Å². The molecule has 20 heavy (non-hydrogen) atoms. The van der Waals surface area contributed by atoms with E-state index < -0.39 is 0 Å². The molecule has 0 aliphatic carbocycles. The first-order valence-corrected chi connectivity index (χ1v) is 7.79. The minimum absolute atomic E-state index is 0.103. The second-order valence-electron chi connectivity index (χ2n) is 5.78. The Morgan fingerprint density at radius 2 is 2.00 bits per heavy atom. The van der Waals surface area contributed by atoms with Gasteiger partial charge in [0.15, 0.2) is 0 Å². The Balaban J connectivity index is 2.27. The quantitative estimate of drug-likeness (QED) is 0.927. The second-order valence-corrected chi connectivity index (χ2v) is 6.22. The fourth-order valence-corrected chi connectivity index (χ4v) is 3.29. The lowest BCUT2D eigenvalue weighted by atomic mass is 9.95. The van der Waals surface area contributed by atoms with Gasteiger partial charge in [-0.1, -0.05) is 30.7 Å². The summed E-state index contributed by atoms with van der Waals surface area (Å²) in [4.78, 5) is 2.44. The molecule has 0 aromatic heterocycles. The maximum atomic E-state index is 6.40.